The number of halogens is 1. The van der Waals surface area contributed by atoms with Gasteiger partial charge in [-0.3, -0.25) is 0 Å². The molecule has 0 amide bonds. The summed E-state index contributed by atoms with van der Waals surface area (Å²) in [5, 5.41) is 4.60. The molecule has 0 saturated carbocycles. The SMILES string of the molecule is Brc1ccc(C2=Cc3ccccc3[N]2)cc1. The van der Waals surface area contributed by atoms with Gasteiger partial charge in [-0.1, -0.05) is 46.3 Å². The van der Waals surface area contributed by atoms with Crippen LogP contribution in [-0.4, -0.2) is 0 Å². The Labute approximate surface area is 103 Å². The van der Waals surface area contributed by atoms with Crippen molar-refractivity contribution in [2.45, 2.75) is 0 Å². The van der Waals surface area contributed by atoms with Gasteiger partial charge in [-0.15, -0.1) is 0 Å². The highest BCUT2D eigenvalue weighted by molar-refractivity contribution is 9.10. The summed E-state index contributed by atoms with van der Waals surface area (Å²) in [5.41, 5.74) is 4.44. The molecule has 1 aliphatic rings. The molecule has 0 bridgehead atoms. The van der Waals surface area contributed by atoms with Crippen LogP contribution < -0.4 is 5.32 Å². The second-order valence-electron chi connectivity index (χ2n) is 3.71. The van der Waals surface area contributed by atoms with Crippen LogP contribution in [-0.2, 0) is 0 Å². The lowest BCUT2D eigenvalue weighted by Crippen LogP contribution is -1.91. The fourth-order valence-electron chi connectivity index (χ4n) is 1.79. The molecule has 2 aromatic rings. The van der Waals surface area contributed by atoms with Crippen molar-refractivity contribution < 1.29 is 0 Å². The van der Waals surface area contributed by atoms with Gasteiger partial charge in [0.25, 0.3) is 0 Å². The molecule has 0 aliphatic carbocycles. The molecule has 1 radical (unpaired) electrons. The van der Waals surface area contributed by atoms with Crippen LogP contribution in [0, 0.1) is 0 Å². The van der Waals surface area contributed by atoms with Gasteiger partial charge in [-0.25, -0.2) is 5.32 Å². The molecule has 77 valence electrons. The molecule has 0 aromatic heterocycles. The van der Waals surface area contributed by atoms with Crippen LogP contribution >= 0.6 is 15.9 Å². The first-order valence-corrected chi connectivity index (χ1v) is 5.91. The second kappa shape index (κ2) is 3.80. The topological polar surface area (TPSA) is 14.1 Å². The van der Waals surface area contributed by atoms with Gasteiger partial charge < -0.3 is 0 Å². The molecule has 3 rings (SSSR count). The maximum absolute atomic E-state index is 4.60. The van der Waals surface area contributed by atoms with Crippen molar-refractivity contribution in [2.75, 3.05) is 0 Å². The van der Waals surface area contributed by atoms with Crippen LogP contribution in [0.15, 0.2) is 53.0 Å². The average molecular weight is 271 g/mol. The van der Waals surface area contributed by atoms with Crippen molar-refractivity contribution in [2.24, 2.45) is 0 Å². The van der Waals surface area contributed by atoms with E-state index >= 15 is 0 Å². The minimum absolute atomic E-state index is 1.04. The smallest absolute Gasteiger partial charge is 0.0716 e. The minimum atomic E-state index is 1.04. The lowest BCUT2D eigenvalue weighted by atomic mass is 10.1. The van der Waals surface area contributed by atoms with Gasteiger partial charge >= 0.3 is 0 Å². The third-order valence-corrected chi connectivity index (χ3v) is 3.14. The fraction of sp³-hybridized carbons (Fsp3) is 0. The first-order valence-electron chi connectivity index (χ1n) is 5.11. The van der Waals surface area contributed by atoms with E-state index in [1.165, 1.54) is 5.56 Å². The molecule has 0 unspecified atom stereocenters. The standard InChI is InChI=1S/C14H9BrN/c15-12-7-5-10(6-8-12)14-9-11-3-1-2-4-13(11)16-14/h1-9H. The number of para-hydroxylation sites is 1. The van der Waals surface area contributed by atoms with E-state index in [1.54, 1.807) is 0 Å². The third kappa shape index (κ3) is 1.65. The van der Waals surface area contributed by atoms with Gasteiger partial charge in [0.2, 0.25) is 0 Å². The van der Waals surface area contributed by atoms with Gasteiger partial charge in [0.1, 0.15) is 0 Å². The fourth-order valence-corrected chi connectivity index (χ4v) is 2.05. The van der Waals surface area contributed by atoms with Gasteiger partial charge in [0.15, 0.2) is 0 Å². The van der Waals surface area contributed by atoms with Crippen molar-refractivity contribution in [3.8, 4) is 0 Å². The second-order valence-corrected chi connectivity index (χ2v) is 4.62. The number of nitrogens with zero attached hydrogens (tertiary/aromatic N) is 1. The van der Waals surface area contributed by atoms with E-state index in [0.29, 0.717) is 0 Å². The third-order valence-electron chi connectivity index (χ3n) is 2.61. The molecule has 2 aromatic carbocycles. The van der Waals surface area contributed by atoms with Gasteiger partial charge in [0, 0.05) is 15.6 Å². The molecule has 1 heterocycles. The summed E-state index contributed by atoms with van der Waals surface area (Å²) in [6.07, 6.45) is 2.12. The summed E-state index contributed by atoms with van der Waals surface area (Å²) >= 11 is 3.43. The van der Waals surface area contributed by atoms with Crippen molar-refractivity contribution in [3.05, 3.63) is 64.1 Å². The Kier molecular flexibility index (Phi) is 2.29. The quantitative estimate of drug-likeness (QED) is 0.738. The normalized spacial score (nSPS) is 12.9. The Bertz CT molecular complexity index is 555. The van der Waals surface area contributed by atoms with Crippen LogP contribution in [0.1, 0.15) is 11.1 Å². The summed E-state index contributed by atoms with van der Waals surface area (Å²) in [7, 11) is 0. The van der Waals surface area contributed by atoms with E-state index in [2.05, 4.69) is 45.5 Å². The summed E-state index contributed by atoms with van der Waals surface area (Å²) in [5.74, 6) is 0. The summed E-state index contributed by atoms with van der Waals surface area (Å²) in [6.45, 7) is 0. The van der Waals surface area contributed by atoms with E-state index < -0.39 is 0 Å². The minimum Gasteiger partial charge on any atom is -0.248 e. The largest absolute Gasteiger partial charge is 0.248 e. The highest BCUT2D eigenvalue weighted by Gasteiger charge is 2.13. The van der Waals surface area contributed by atoms with Crippen molar-refractivity contribution in [3.63, 3.8) is 0 Å². The van der Waals surface area contributed by atoms with E-state index in [9.17, 15) is 0 Å². The molecule has 16 heavy (non-hydrogen) atoms. The summed E-state index contributed by atoms with van der Waals surface area (Å²) in [6, 6.07) is 16.4. The molecule has 0 fully saturated rings. The van der Waals surface area contributed by atoms with Gasteiger partial charge in [0.05, 0.1) is 11.4 Å². The van der Waals surface area contributed by atoms with Crippen molar-refractivity contribution >= 4 is 33.4 Å². The first kappa shape index (κ1) is 9.67. The molecule has 0 spiro atoms. The Morgan fingerprint density at radius 3 is 2.38 bits per heavy atom. The number of benzene rings is 2. The number of hydrogen-bond acceptors (Lipinski definition) is 0. The lowest BCUT2D eigenvalue weighted by molar-refractivity contribution is 1.23. The predicted octanol–water partition coefficient (Wildman–Crippen LogP) is 4.20. The number of fused-ring (bicyclic) bond motifs is 1. The molecule has 0 atom stereocenters. The van der Waals surface area contributed by atoms with Gasteiger partial charge in [-0.2, -0.15) is 0 Å². The predicted molar refractivity (Wildman–Crippen MR) is 70.2 cm³/mol. The molecule has 1 nitrogen and oxygen atoms in total. The lowest BCUT2D eigenvalue weighted by Gasteiger charge is -2.02. The highest BCUT2D eigenvalue weighted by Crippen LogP contribution is 2.32. The Hall–Kier alpha value is -1.54. The molecule has 0 N–H and O–H groups in total. The molecule has 2 heteroatoms. The summed E-state index contributed by atoms with van der Waals surface area (Å²) < 4.78 is 1.09. The van der Waals surface area contributed by atoms with Crippen molar-refractivity contribution in [1.29, 1.82) is 0 Å². The maximum Gasteiger partial charge on any atom is 0.0716 e. The Morgan fingerprint density at radius 2 is 1.62 bits per heavy atom. The van der Waals surface area contributed by atoms with E-state index in [0.717, 1.165) is 21.4 Å². The number of hydrogen-bond donors (Lipinski definition) is 0. The van der Waals surface area contributed by atoms with E-state index in [-0.39, 0.29) is 0 Å². The highest BCUT2D eigenvalue weighted by atomic mass is 79.9. The molecular formula is C14H9BrN. The van der Waals surface area contributed by atoms with Crippen LogP contribution in [0.5, 0.6) is 0 Å². The van der Waals surface area contributed by atoms with Crippen molar-refractivity contribution in [1.82, 2.24) is 5.32 Å². The molecule has 1 aliphatic heterocycles. The summed E-state index contributed by atoms with van der Waals surface area (Å²) in [4.78, 5) is 0. The van der Waals surface area contributed by atoms with Crippen LogP contribution in [0.25, 0.3) is 11.8 Å². The zero-order valence-electron chi connectivity index (χ0n) is 8.52. The zero-order chi connectivity index (χ0) is 11.0. The Balaban J connectivity index is 1.98. The van der Waals surface area contributed by atoms with Crippen LogP contribution in [0.4, 0.5) is 5.69 Å². The molecular weight excluding hydrogens is 262 g/mol. The van der Waals surface area contributed by atoms with Crippen LogP contribution in [0.3, 0.4) is 0 Å². The maximum atomic E-state index is 4.60. The number of rotatable bonds is 1. The monoisotopic (exact) mass is 270 g/mol. The zero-order valence-corrected chi connectivity index (χ0v) is 10.1. The van der Waals surface area contributed by atoms with Gasteiger partial charge in [-0.05, 0) is 24.3 Å². The molecule has 0 saturated heterocycles. The Morgan fingerprint density at radius 1 is 0.875 bits per heavy atom. The van der Waals surface area contributed by atoms with E-state index in [1.807, 2.05) is 30.3 Å². The van der Waals surface area contributed by atoms with E-state index in [4.69, 9.17) is 0 Å². The average Bonchev–Trinajstić information content (AvgIpc) is 2.73. The van der Waals surface area contributed by atoms with Crippen LogP contribution in [0.2, 0.25) is 0 Å². The first-order chi connectivity index (χ1) is 7.83.